The third-order valence-electron chi connectivity index (χ3n) is 2.91. The van der Waals surface area contributed by atoms with Gasteiger partial charge in [-0.15, -0.1) is 0 Å². The van der Waals surface area contributed by atoms with E-state index in [-0.39, 0.29) is 18.7 Å². The molecular formula is C14H22ClN3O2. The second-order valence-electron chi connectivity index (χ2n) is 5.00. The molecular weight excluding hydrogens is 278 g/mol. The fourth-order valence-corrected chi connectivity index (χ4v) is 2.06. The Morgan fingerprint density at radius 2 is 2.05 bits per heavy atom. The molecule has 0 radical (unpaired) electrons. The molecule has 0 heterocycles. The van der Waals surface area contributed by atoms with Crippen molar-refractivity contribution in [3.8, 4) is 0 Å². The Hall–Kier alpha value is -1.46. The van der Waals surface area contributed by atoms with Gasteiger partial charge < -0.3 is 20.2 Å². The van der Waals surface area contributed by atoms with Gasteiger partial charge >= 0.3 is 6.03 Å². The Morgan fingerprint density at radius 3 is 2.55 bits per heavy atom. The van der Waals surface area contributed by atoms with E-state index in [1.165, 1.54) is 0 Å². The number of aliphatic hydroxyl groups excluding tert-OH is 1. The minimum Gasteiger partial charge on any atom is -0.395 e. The number of hydrogen-bond donors (Lipinski definition) is 2. The molecule has 6 heteroatoms. The van der Waals surface area contributed by atoms with E-state index in [1.54, 1.807) is 17.0 Å². The second-order valence-corrected chi connectivity index (χ2v) is 5.43. The first-order valence-corrected chi connectivity index (χ1v) is 6.90. The third kappa shape index (κ3) is 4.28. The predicted octanol–water partition coefficient (Wildman–Crippen LogP) is 2.64. The first-order valence-electron chi connectivity index (χ1n) is 6.52. The van der Waals surface area contributed by atoms with Gasteiger partial charge in [0.05, 0.1) is 18.0 Å². The number of halogens is 1. The van der Waals surface area contributed by atoms with Gasteiger partial charge in [0.2, 0.25) is 0 Å². The number of nitrogens with one attached hydrogen (secondary N) is 1. The van der Waals surface area contributed by atoms with Gasteiger partial charge in [-0.1, -0.05) is 11.6 Å². The summed E-state index contributed by atoms with van der Waals surface area (Å²) in [6.07, 6.45) is 0. The molecule has 1 aromatic rings. The molecule has 2 N–H and O–H groups in total. The van der Waals surface area contributed by atoms with E-state index in [2.05, 4.69) is 5.32 Å². The maximum atomic E-state index is 12.3. The quantitative estimate of drug-likeness (QED) is 0.879. The van der Waals surface area contributed by atoms with Crippen molar-refractivity contribution in [1.29, 1.82) is 0 Å². The standard InChI is InChI=1S/C14H22ClN3O2/c1-10(2)18(7-8-19)14(20)16-12-9-11(15)5-6-13(12)17(3)4/h5-6,9-10,19H,7-8H2,1-4H3,(H,16,20). The Bertz CT molecular complexity index is 464. The van der Waals surface area contributed by atoms with Crippen molar-refractivity contribution in [3.63, 3.8) is 0 Å². The molecule has 20 heavy (non-hydrogen) atoms. The molecule has 0 fully saturated rings. The lowest BCUT2D eigenvalue weighted by Crippen LogP contribution is -2.42. The summed E-state index contributed by atoms with van der Waals surface area (Å²) < 4.78 is 0. The first-order chi connectivity index (χ1) is 9.36. The van der Waals surface area contributed by atoms with Crippen LogP contribution >= 0.6 is 11.6 Å². The van der Waals surface area contributed by atoms with Gasteiger partial charge in [-0.2, -0.15) is 0 Å². The van der Waals surface area contributed by atoms with E-state index in [1.807, 2.05) is 38.9 Å². The highest BCUT2D eigenvalue weighted by atomic mass is 35.5. The van der Waals surface area contributed by atoms with Crippen LogP contribution in [-0.2, 0) is 0 Å². The van der Waals surface area contributed by atoms with Gasteiger partial charge in [-0.05, 0) is 32.0 Å². The fourth-order valence-electron chi connectivity index (χ4n) is 1.89. The number of benzene rings is 1. The van der Waals surface area contributed by atoms with Gasteiger partial charge in [-0.25, -0.2) is 4.79 Å². The molecule has 0 bridgehead atoms. The number of carbonyl (C=O) groups excluding carboxylic acids is 1. The highest BCUT2D eigenvalue weighted by Crippen LogP contribution is 2.28. The van der Waals surface area contributed by atoms with Gasteiger partial charge in [0.15, 0.2) is 0 Å². The van der Waals surface area contributed by atoms with Crippen LogP contribution in [0.3, 0.4) is 0 Å². The number of nitrogens with zero attached hydrogens (tertiary/aromatic N) is 2. The molecule has 0 saturated carbocycles. The number of hydrogen-bond acceptors (Lipinski definition) is 3. The maximum Gasteiger partial charge on any atom is 0.322 e. The summed E-state index contributed by atoms with van der Waals surface area (Å²) in [5.74, 6) is 0. The van der Waals surface area contributed by atoms with Crippen molar-refractivity contribution in [1.82, 2.24) is 4.90 Å². The van der Waals surface area contributed by atoms with Gasteiger partial charge in [0.1, 0.15) is 0 Å². The molecule has 0 aromatic heterocycles. The van der Waals surface area contributed by atoms with Crippen molar-refractivity contribution in [2.75, 3.05) is 37.5 Å². The van der Waals surface area contributed by atoms with E-state index in [0.717, 1.165) is 5.69 Å². The average Bonchev–Trinajstić information content (AvgIpc) is 2.34. The number of carbonyl (C=O) groups is 1. The van der Waals surface area contributed by atoms with Crippen molar-refractivity contribution in [2.24, 2.45) is 0 Å². The van der Waals surface area contributed by atoms with Crippen LogP contribution in [-0.4, -0.2) is 49.3 Å². The van der Waals surface area contributed by atoms with E-state index in [9.17, 15) is 4.79 Å². The zero-order chi connectivity index (χ0) is 15.3. The molecule has 112 valence electrons. The maximum absolute atomic E-state index is 12.3. The van der Waals surface area contributed by atoms with Crippen LogP contribution in [0.4, 0.5) is 16.2 Å². The molecule has 1 rings (SSSR count). The highest BCUT2D eigenvalue weighted by Gasteiger charge is 2.18. The summed E-state index contributed by atoms with van der Waals surface area (Å²) in [7, 11) is 3.79. The monoisotopic (exact) mass is 299 g/mol. The van der Waals surface area contributed by atoms with Crippen molar-refractivity contribution < 1.29 is 9.90 Å². The minimum atomic E-state index is -0.251. The third-order valence-corrected chi connectivity index (χ3v) is 3.14. The SMILES string of the molecule is CC(C)N(CCO)C(=O)Nc1cc(Cl)ccc1N(C)C. The average molecular weight is 300 g/mol. The molecule has 2 amide bonds. The minimum absolute atomic E-state index is 0.00383. The summed E-state index contributed by atoms with van der Waals surface area (Å²) in [5, 5.41) is 12.4. The summed E-state index contributed by atoms with van der Waals surface area (Å²) >= 11 is 5.98. The molecule has 0 unspecified atom stereocenters. The molecule has 1 aromatic carbocycles. The van der Waals surface area contributed by atoms with Crippen LogP contribution in [0, 0.1) is 0 Å². The number of aliphatic hydroxyl groups is 1. The number of rotatable bonds is 5. The van der Waals surface area contributed by atoms with Crippen LogP contribution in [0.5, 0.6) is 0 Å². The zero-order valence-electron chi connectivity index (χ0n) is 12.4. The molecule has 0 atom stereocenters. The molecule has 0 aliphatic carbocycles. The highest BCUT2D eigenvalue weighted by molar-refractivity contribution is 6.31. The van der Waals surface area contributed by atoms with Crippen LogP contribution in [0.25, 0.3) is 0 Å². The number of urea groups is 1. The Balaban J connectivity index is 2.96. The van der Waals surface area contributed by atoms with Gasteiger partial charge in [-0.3, -0.25) is 0 Å². The summed E-state index contributed by atoms with van der Waals surface area (Å²) in [4.78, 5) is 15.7. The van der Waals surface area contributed by atoms with Crippen LogP contribution < -0.4 is 10.2 Å². The van der Waals surface area contributed by atoms with Crippen LogP contribution in [0.1, 0.15) is 13.8 Å². The van der Waals surface area contributed by atoms with Crippen molar-refractivity contribution in [3.05, 3.63) is 23.2 Å². The molecule has 0 aliphatic rings. The Labute approximate surface area is 125 Å². The molecule has 0 aliphatic heterocycles. The van der Waals surface area contributed by atoms with Gasteiger partial charge in [0, 0.05) is 31.7 Å². The van der Waals surface area contributed by atoms with Crippen LogP contribution in [0.2, 0.25) is 5.02 Å². The van der Waals surface area contributed by atoms with Gasteiger partial charge in [0.25, 0.3) is 0 Å². The summed E-state index contributed by atoms with van der Waals surface area (Å²) in [6, 6.07) is 5.10. The number of amides is 2. The molecule has 0 saturated heterocycles. The summed E-state index contributed by atoms with van der Waals surface area (Å²) in [6.45, 7) is 4.03. The van der Waals surface area contributed by atoms with E-state index < -0.39 is 0 Å². The Morgan fingerprint density at radius 1 is 1.40 bits per heavy atom. The van der Waals surface area contributed by atoms with Crippen LogP contribution in [0.15, 0.2) is 18.2 Å². The second kappa shape index (κ2) is 7.36. The first kappa shape index (κ1) is 16.6. The normalized spacial score (nSPS) is 10.6. The van der Waals surface area contributed by atoms with E-state index >= 15 is 0 Å². The number of anilines is 2. The fraction of sp³-hybridized carbons (Fsp3) is 0.500. The largest absolute Gasteiger partial charge is 0.395 e. The van der Waals surface area contributed by atoms with Crippen molar-refractivity contribution >= 4 is 29.0 Å². The van der Waals surface area contributed by atoms with Crippen molar-refractivity contribution in [2.45, 2.75) is 19.9 Å². The Kier molecular flexibility index (Phi) is 6.10. The lowest BCUT2D eigenvalue weighted by atomic mass is 10.2. The van der Waals surface area contributed by atoms with E-state index in [0.29, 0.717) is 17.3 Å². The summed E-state index contributed by atoms with van der Waals surface area (Å²) in [5.41, 5.74) is 1.52. The van der Waals surface area contributed by atoms with E-state index in [4.69, 9.17) is 16.7 Å². The zero-order valence-corrected chi connectivity index (χ0v) is 13.1. The molecule has 0 spiro atoms. The lowest BCUT2D eigenvalue weighted by Gasteiger charge is -2.27. The lowest BCUT2D eigenvalue weighted by molar-refractivity contribution is 0.172. The topological polar surface area (TPSA) is 55.8 Å². The smallest absolute Gasteiger partial charge is 0.322 e. The predicted molar refractivity (Wildman–Crippen MR) is 83.7 cm³/mol. The molecule has 5 nitrogen and oxygen atoms in total.